The van der Waals surface area contributed by atoms with Crippen molar-refractivity contribution in [2.45, 2.75) is 4.90 Å². The van der Waals surface area contributed by atoms with Gasteiger partial charge in [-0.15, -0.1) is 4.83 Å². The highest BCUT2D eigenvalue weighted by Gasteiger charge is 2.16. The number of nitrogens with zero attached hydrogens (tertiary/aromatic N) is 1. The smallest absolute Gasteiger partial charge is 0.257 e. The Hall–Kier alpha value is -1.92. The van der Waals surface area contributed by atoms with Crippen LogP contribution in [-0.4, -0.2) is 15.5 Å². The number of halogens is 1. The fraction of sp³-hybridized carbons (Fsp3) is 0.0769. The molecule has 2 aromatic rings. The lowest BCUT2D eigenvalue weighted by molar-refractivity contribution is 0.579. The van der Waals surface area contributed by atoms with Gasteiger partial charge in [0.25, 0.3) is 10.0 Å². The number of rotatable bonds is 4. The van der Waals surface area contributed by atoms with Crippen molar-refractivity contribution >= 4 is 15.7 Å². The summed E-state index contributed by atoms with van der Waals surface area (Å²) in [5.74, 6) is -0.477. The fourth-order valence-corrected chi connectivity index (χ4v) is 2.62. The van der Waals surface area contributed by atoms with Crippen LogP contribution < -0.4 is 9.84 Å². The molecule has 0 saturated heterocycles. The van der Waals surface area contributed by atoms with Crippen LogP contribution in [-0.2, 0) is 10.0 Å². The van der Waals surface area contributed by atoms with E-state index in [1.165, 1.54) is 17.1 Å². The summed E-state index contributed by atoms with van der Waals surface area (Å²) >= 11 is 0. The highest BCUT2D eigenvalue weighted by atomic mass is 32.2. The van der Waals surface area contributed by atoms with E-state index < -0.39 is 15.8 Å². The summed E-state index contributed by atoms with van der Waals surface area (Å²) < 4.78 is 36.9. The first-order valence-electron chi connectivity index (χ1n) is 5.56. The molecule has 4 nitrogen and oxygen atoms in total. The van der Waals surface area contributed by atoms with E-state index in [1.807, 2.05) is 6.07 Å². The third kappa shape index (κ3) is 3.30. The molecule has 0 heterocycles. The third-order valence-corrected chi connectivity index (χ3v) is 3.93. The molecular weight excluding hydrogens is 267 g/mol. The summed E-state index contributed by atoms with van der Waals surface area (Å²) in [6.07, 6.45) is 0. The van der Waals surface area contributed by atoms with Crippen molar-refractivity contribution in [3.63, 3.8) is 0 Å². The Balaban J connectivity index is 2.20. The van der Waals surface area contributed by atoms with E-state index in [0.717, 1.165) is 12.1 Å². The van der Waals surface area contributed by atoms with Gasteiger partial charge in [0.15, 0.2) is 0 Å². The normalized spacial score (nSPS) is 11.3. The number of sulfonamides is 1. The van der Waals surface area contributed by atoms with Crippen molar-refractivity contribution in [3.05, 3.63) is 60.4 Å². The Kier molecular flexibility index (Phi) is 3.82. The largest absolute Gasteiger partial charge is 0.298 e. The van der Waals surface area contributed by atoms with Crippen molar-refractivity contribution in [3.8, 4) is 0 Å². The maximum Gasteiger partial charge on any atom is 0.257 e. The summed E-state index contributed by atoms with van der Waals surface area (Å²) in [5.41, 5.74) is 0.702. The molecule has 0 aliphatic carbocycles. The van der Waals surface area contributed by atoms with E-state index in [1.54, 1.807) is 31.3 Å². The topological polar surface area (TPSA) is 49.4 Å². The monoisotopic (exact) mass is 280 g/mol. The minimum absolute atomic E-state index is 0.0108. The molecule has 0 aliphatic rings. The number of benzene rings is 2. The van der Waals surface area contributed by atoms with Crippen molar-refractivity contribution in [2.75, 3.05) is 12.1 Å². The van der Waals surface area contributed by atoms with Gasteiger partial charge in [0, 0.05) is 7.05 Å². The van der Waals surface area contributed by atoms with Crippen molar-refractivity contribution < 1.29 is 12.8 Å². The van der Waals surface area contributed by atoms with Crippen LogP contribution in [0.15, 0.2) is 59.5 Å². The summed E-state index contributed by atoms with van der Waals surface area (Å²) in [5, 5.41) is 1.39. The number of hydrogen-bond acceptors (Lipinski definition) is 3. The molecule has 0 unspecified atom stereocenters. The molecule has 6 heteroatoms. The summed E-state index contributed by atoms with van der Waals surface area (Å²) in [6, 6.07) is 13.6. The van der Waals surface area contributed by atoms with Gasteiger partial charge >= 0.3 is 0 Å². The Bertz CT molecular complexity index is 642. The van der Waals surface area contributed by atoms with Gasteiger partial charge < -0.3 is 0 Å². The van der Waals surface area contributed by atoms with Gasteiger partial charge in [0.2, 0.25) is 0 Å². The first kappa shape index (κ1) is 13.5. The maximum absolute atomic E-state index is 12.8. The van der Waals surface area contributed by atoms with Crippen LogP contribution in [0.5, 0.6) is 0 Å². The van der Waals surface area contributed by atoms with E-state index in [2.05, 4.69) is 4.83 Å². The van der Waals surface area contributed by atoms with Crippen LogP contribution in [0.3, 0.4) is 0 Å². The maximum atomic E-state index is 12.8. The van der Waals surface area contributed by atoms with Crippen molar-refractivity contribution in [1.29, 1.82) is 0 Å². The second-order valence-electron chi connectivity index (χ2n) is 3.94. The molecule has 0 aliphatic heterocycles. The summed E-state index contributed by atoms with van der Waals surface area (Å²) in [4.78, 5) is 2.40. The first-order valence-corrected chi connectivity index (χ1v) is 7.04. The molecule has 19 heavy (non-hydrogen) atoms. The number of hydrogen-bond donors (Lipinski definition) is 1. The Labute approximate surface area is 111 Å². The van der Waals surface area contributed by atoms with Gasteiger partial charge in [-0.25, -0.2) is 12.8 Å². The Morgan fingerprint density at radius 1 is 1.00 bits per heavy atom. The van der Waals surface area contributed by atoms with Gasteiger partial charge in [0.1, 0.15) is 5.82 Å². The van der Waals surface area contributed by atoms with Crippen LogP contribution in [0.4, 0.5) is 10.1 Å². The van der Waals surface area contributed by atoms with E-state index >= 15 is 0 Å². The number of anilines is 1. The van der Waals surface area contributed by atoms with E-state index in [0.29, 0.717) is 5.69 Å². The molecule has 1 N–H and O–H groups in total. The Morgan fingerprint density at radius 3 is 2.16 bits per heavy atom. The average molecular weight is 280 g/mol. The second kappa shape index (κ2) is 5.38. The molecule has 0 amide bonds. The average Bonchev–Trinajstić information content (AvgIpc) is 2.40. The molecule has 0 atom stereocenters. The highest BCUT2D eigenvalue weighted by molar-refractivity contribution is 7.89. The van der Waals surface area contributed by atoms with Gasteiger partial charge in [-0.3, -0.25) is 5.01 Å². The molecule has 0 saturated carbocycles. The van der Waals surface area contributed by atoms with E-state index in [9.17, 15) is 12.8 Å². The lowest BCUT2D eigenvalue weighted by atomic mass is 10.3. The van der Waals surface area contributed by atoms with Gasteiger partial charge in [-0.1, -0.05) is 18.2 Å². The lowest BCUT2D eigenvalue weighted by Gasteiger charge is -2.20. The highest BCUT2D eigenvalue weighted by Crippen LogP contribution is 2.13. The summed E-state index contributed by atoms with van der Waals surface area (Å²) in [6.45, 7) is 0. The van der Waals surface area contributed by atoms with E-state index in [4.69, 9.17) is 0 Å². The molecule has 0 aromatic heterocycles. The van der Waals surface area contributed by atoms with Crippen molar-refractivity contribution in [1.82, 2.24) is 4.83 Å². The molecule has 0 bridgehead atoms. The van der Waals surface area contributed by atoms with Crippen LogP contribution >= 0.6 is 0 Å². The minimum Gasteiger partial charge on any atom is -0.298 e. The quantitative estimate of drug-likeness (QED) is 0.873. The predicted octanol–water partition coefficient (Wildman–Crippen LogP) is 2.16. The molecule has 0 fully saturated rings. The molecule has 0 spiro atoms. The van der Waals surface area contributed by atoms with Gasteiger partial charge in [-0.2, -0.15) is 0 Å². The number of para-hydroxylation sites is 1. The van der Waals surface area contributed by atoms with Crippen LogP contribution in [0, 0.1) is 5.82 Å². The molecule has 100 valence electrons. The molecular formula is C13H13FN2O2S. The minimum atomic E-state index is -3.72. The summed E-state index contributed by atoms with van der Waals surface area (Å²) in [7, 11) is -2.12. The Morgan fingerprint density at radius 2 is 1.58 bits per heavy atom. The van der Waals surface area contributed by atoms with Gasteiger partial charge in [0.05, 0.1) is 10.6 Å². The zero-order valence-corrected chi connectivity index (χ0v) is 11.1. The third-order valence-electron chi connectivity index (χ3n) is 2.52. The fourth-order valence-electron chi connectivity index (χ4n) is 1.55. The standard InChI is InChI=1S/C13H13FN2O2S/c1-16(12-5-3-2-4-6-12)15-19(17,18)13-9-7-11(14)8-10-13/h2-10,15H,1H3. The second-order valence-corrected chi connectivity index (χ2v) is 5.60. The predicted molar refractivity (Wildman–Crippen MR) is 71.6 cm³/mol. The lowest BCUT2D eigenvalue weighted by Crippen LogP contribution is -2.39. The first-order chi connectivity index (χ1) is 8.99. The number of nitrogens with one attached hydrogen (secondary N) is 1. The van der Waals surface area contributed by atoms with E-state index in [-0.39, 0.29) is 4.90 Å². The van der Waals surface area contributed by atoms with Crippen LogP contribution in [0.25, 0.3) is 0 Å². The molecule has 0 radical (unpaired) electrons. The SMILES string of the molecule is CN(NS(=O)(=O)c1ccc(F)cc1)c1ccccc1. The van der Waals surface area contributed by atoms with Crippen LogP contribution in [0.2, 0.25) is 0 Å². The molecule has 2 aromatic carbocycles. The van der Waals surface area contributed by atoms with Gasteiger partial charge in [-0.05, 0) is 36.4 Å². The molecule has 2 rings (SSSR count). The number of hydrazine groups is 1. The zero-order valence-electron chi connectivity index (χ0n) is 10.2. The van der Waals surface area contributed by atoms with Crippen molar-refractivity contribution in [2.24, 2.45) is 0 Å². The zero-order chi connectivity index (χ0) is 13.9. The van der Waals surface area contributed by atoms with Crippen LogP contribution in [0.1, 0.15) is 0 Å².